The van der Waals surface area contributed by atoms with E-state index >= 15 is 0 Å². The summed E-state index contributed by atoms with van der Waals surface area (Å²) in [4.78, 5) is 33.7. The molecule has 8 heteroatoms. The van der Waals surface area contributed by atoms with Gasteiger partial charge in [-0.1, -0.05) is 19.9 Å². The molecule has 0 radical (unpaired) electrons. The summed E-state index contributed by atoms with van der Waals surface area (Å²) >= 11 is 0. The highest BCUT2D eigenvalue weighted by Crippen LogP contribution is 2.20. The van der Waals surface area contributed by atoms with Crippen molar-refractivity contribution in [3.8, 4) is 0 Å². The lowest BCUT2D eigenvalue weighted by atomic mass is 10.1. The number of carbonyl (C=O) groups excluding carboxylic acids is 2. The number of hydrogen-bond donors (Lipinski definition) is 2. The number of anilines is 2. The number of halogens is 1. The van der Waals surface area contributed by atoms with Gasteiger partial charge < -0.3 is 10.6 Å². The normalized spacial score (nSPS) is 10.4. The lowest BCUT2D eigenvalue weighted by Crippen LogP contribution is -2.18. The van der Waals surface area contributed by atoms with Crippen LogP contribution in [0.25, 0.3) is 0 Å². The van der Waals surface area contributed by atoms with E-state index < -0.39 is 22.3 Å². The third kappa shape index (κ3) is 4.60. The van der Waals surface area contributed by atoms with Gasteiger partial charge in [-0.3, -0.25) is 19.7 Å². The SMILES string of the molecule is CC(C)C(=O)Nc1cccc(NC(=O)c2ccc([N+](=O)[O-])cc2F)c1. The zero-order valence-electron chi connectivity index (χ0n) is 13.6. The second-order valence-electron chi connectivity index (χ2n) is 5.60. The smallest absolute Gasteiger partial charge is 0.272 e. The first kappa shape index (κ1) is 18.1. The molecule has 0 aromatic heterocycles. The lowest BCUT2D eigenvalue weighted by Gasteiger charge is -2.10. The van der Waals surface area contributed by atoms with E-state index in [9.17, 15) is 24.1 Å². The molecule has 0 bridgehead atoms. The van der Waals surface area contributed by atoms with Crippen LogP contribution in [0.3, 0.4) is 0 Å². The Morgan fingerprint density at radius 2 is 1.72 bits per heavy atom. The predicted octanol–water partition coefficient (Wildman–Crippen LogP) is 3.58. The number of hydrogen-bond acceptors (Lipinski definition) is 4. The maximum atomic E-state index is 13.9. The highest BCUT2D eigenvalue weighted by Gasteiger charge is 2.16. The van der Waals surface area contributed by atoms with Crippen LogP contribution in [0.2, 0.25) is 0 Å². The molecule has 2 rings (SSSR count). The summed E-state index contributed by atoms with van der Waals surface area (Å²) in [5, 5.41) is 15.8. The van der Waals surface area contributed by atoms with Crippen molar-refractivity contribution in [3.05, 3.63) is 64.0 Å². The molecule has 2 amide bonds. The molecule has 2 N–H and O–H groups in total. The molecule has 0 aliphatic carbocycles. The average Bonchev–Trinajstić information content (AvgIpc) is 2.54. The maximum Gasteiger partial charge on any atom is 0.272 e. The number of carbonyl (C=O) groups is 2. The van der Waals surface area contributed by atoms with Crippen molar-refractivity contribution < 1.29 is 18.9 Å². The highest BCUT2D eigenvalue weighted by atomic mass is 19.1. The summed E-state index contributed by atoms with van der Waals surface area (Å²) in [6.07, 6.45) is 0. The van der Waals surface area contributed by atoms with E-state index in [2.05, 4.69) is 10.6 Å². The Kier molecular flexibility index (Phi) is 5.43. The second kappa shape index (κ2) is 7.52. The number of nitrogens with one attached hydrogen (secondary N) is 2. The third-order valence-corrected chi connectivity index (χ3v) is 3.32. The zero-order valence-corrected chi connectivity index (χ0v) is 13.6. The Bertz CT molecular complexity index is 836. The Balaban J connectivity index is 2.15. The van der Waals surface area contributed by atoms with Gasteiger partial charge in [0, 0.05) is 23.4 Å². The predicted molar refractivity (Wildman–Crippen MR) is 90.9 cm³/mol. The minimum absolute atomic E-state index is 0.176. The first-order chi connectivity index (χ1) is 11.8. The van der Waals surface area contributed by atoms with Gasteiger partial charge in [0.2, 0.25) is 5.91 Å². The summed E-state index contributed by atoms with van der Waals surface area (Å²) in [6.45, 7) is 3.50. The Morgan fingerprint density at radius 1 is 1.08 bits per heavy atom. The number of amides is 2. The monoisotopic (exact) mass is 345 g/mol. The number of nitrogens with zero attached hydrogens (tertiary/aromatic N) is 1. The van der Waals surface area contributed by atoms with Gasteiger partial charge in [-0.2, -0.15) is 0 Å². The van der Waals surface area contributed by atoms with Gasteiger partial charge in [-0.15, -0.1) is 0 Å². The Hall–Kier alpha value is -3.29. The summed E-state index contributed by atoms with van der Waals surface area (Å²) in [5.41, 5.74) is 0.0830. The lowest BCUT2D eigenvalue weighted by molar-refractivity contribution is -0.385. The van der Waals surface area contributed by atoms with Gasteiger partial charge in [0.15, 0.2) is 0 Å². The van der Waals surface area contributed by atoms with Crippen LogP contribution >= 0.6 is 0 Å². The van der Waals surface area contributed by atoms with Crippen LogP contribution in [0.15, 0.2) is 42.5 Å². The van der Waals surface area contributed by atoms with E-state index in [4.69, 9.17) is 0 Å². The van der Waals surface area contributed by atoms with E-state index in [-0.39, 0.29) is 17.4 Å². The van der Waals surface area contributed by atoms with Crippen molar-refractivity contribution in [1.82, 2.24) is 0 Å². The molecule has 0 fully saturated rings. The van der Waals surface area contributed by atoms with Crippen LogP contribution in [-0.2, 0) is 4.79 Å². The van der Waals surface area contributed by atoms with Gasteiger partial charge >= 0.3 is 0 Å². The number of benzene rings is 2. The molecule has 2 aromatic carbocycles. The summed E-state index contributed by atoms with van der Waals surface area (Å²) in [6, 6.07) is 9.17. The largest absolute Gasteiger partial charge is 0.326 e. The molecular formula is C17H16FN3O4. The molecule has 0 spiro atoms. The van der Waals surface area contributed by atoms with Gasteiger partial charge in [-0.25, -0.2) is 4.39 Å². The van der Waals surface area contributed by atoms with Crippen molar-refractivity contribution >= 4 is 28.9 Å². The van der Waals surface area contributed by atoms with E-state index in [0.717, 1.165) is 12.1 Å². The third-order valence-electron chi connectivity index (χ3n) is 3.32. The fourth-order valence-corrected chi connectivity index (χ4v) is 1.96. The van der Waals surface area contributed by atoms with Crippen LogP contribution in [0.1, 0.15) is 24.2 Å². The topological polar surface area (TPSA) is 101 Å². The van der Waals surface area contributed by atoms with Gasteiger partial charge in [0.1, 0.15) is 5.82 Å². The van der Waals surface area contributed by atoms with Crippen molar-refractivity contribution in [2.24, 2.45) is 5.92 Å². The molecule has 2 aromatic rings. The van der Waals surface area contributed by atoms with E-state index in [0.29, 0.717) is 17.4 Å². The molecule has 0 atom stereocenters. The number of rotatable bonds is 5. The zero-order chi connectivity index (χ0) is 18.6. The molecular weight excluding hydrogens is 329 g/mol. The number of nitro benzene ring substituents is 1. The minimum atomic E-state index is -0.990. The van der Waals surface area contributed by atoms with Crippen LogP contribution in [-0.4, -0.2) is 16.7 Å². The summed E-state index contributed by atoms with van der Waals surface area (Å²) in [7, 11) is 0. The minimum Gasteiger partial charge on any atom is -0.326 e. The highest BCUT2D eigenvalue weighted by molar-refractivity contribution is 6.05. The molecule has 0 aliphatic rings. The van der Waals surface area contributed by atoms with E-state index in [1.54, 1.807) is 32.0 Å². The molecule has 0 aliphatic heterocycles. The molecule has 0 unspecified atom stereocenters. The van der Waals surface area contributed by atoms with Crippen LogP contribution < -0.4 is 10.6 Å². The second-order valence-corrected chi connectivity index (χ2v) is 5.60. The fourth-order valence-electron chi connectivity index (χ4n) is 1.96. The first-order valence-electron chi connectivity index (χ1n) is 7.44. The van der Waals surface area contributed by atoms with Crippen molar-refractivity contribution in [3.63, 3.8) is 0 Å². The summed E-state index contributed by atoms with van der Waals surface area (Å²) < 4.78 is 13.9. The molecule has 0 saturated carbocycles. The first-order valence-corrected chi connectivity index (χ1v) is 7.44. The molecule has 0 heterocycles. The Labute approximate surface area is 143 Å². The standard InChI is InChI=1S/C17H16FN3O4/c1-10(2)16(22)19-11-4-3-5-12(8-11)20-17(23)14-7-6-13(21(24)25)9-15(14)18/h3-10H,1-2H3,(H,19,22)(H,20,23). The van der Waals surface area contributed by atoms with Crippen molar-refractivity contribution in [2.45, 2.75) is 13.8 Å². The Morgan fingerprint density at radius 3 is 2.28 bits per heavy atom. The fraction of sp³-hybridized carbons (Fsp3) is 0.176. The maximum absolute atomic E-state index is 13.9. The van der Waals surface area contributed by atoms with Gasteiger partial charge in [-0.05, 0) is 24.3 Å². The van der Waals surface area contributed by atoms with E-state index in [1.807, 2.05) is 0 Å². The van der Waals surface area contributed by atoms with Crippen LogP contribution in [0.5, 0.6) is 0 Å². The molecule has 7 nitrogen and oxygen atoms in total. The molecule has 25 heavy (non-hydrogen) atoms. The van der Waals surface area contributed by atoms with Crippen LogP contribution in [0, 0.1) is 21.8 Å². The van der Waals surface area contributed by atoms with Gasteiger partial charge in [0.25, 0.3) is 11.6 Å². The van der Waals surface area contributed by atoms with Crippen LogP contribution in [0.4, 0.5) is 21.5 Å². The van der Waals surface area contributed by atoms with Crippen molar-refractivity contribution in [1.29, 1.82) is 0 Å². The number of nitro groups is 1. The molecule has 0 saturated heterocycles. The molecule has 130 valence electrons. The average molecular weight is 345 g/mol. The van der Waals surface area contributed by atoms with Gasteiger partial charge in [0.05, 0.1) is 16.6 Å². The summed E-state index contributed by atoms with van der Waals surface area (Å²) in [5.74, 6) is -2.12. The quantitative estimate of drug-likeness (QED) is 0.639. The van der Waals surface area contributed by atoms with E-state index in [1.165, 1.54) is 6.07 Å². The number of non-ortho nitro benzene ring substituents is 1. The van der Waals surface area contributed by atoms with Crippen molar-refractivity contribution in [2.75, 3.05) is 10.6 Å².